The number of esters is 1. The summed E-state index contributed by atoms with van der Waals surface area (Å²) in [7, 11) is -1.86. The van der Waals surface area contributed by atoms with Crippen molar-refractivity contribution in [1.29, 1.82) is 0 Å². The second kappa shape index (κ2) is 8.08. The lowest BCUT2D eigenvalue weighted by Crippen LogP contribution is -2.19. The molecule has 0 saturated carbocycles. The second-order valence-electron chi connectivity index (χ2n) is 5.05. The monoisotopic (exact) mass is 381 g/mol. The first-order valence-electron chi connectivity index (χ1n) is 6.93. The molecule has 1 N–H and O–H groups in total. The number of thioether (sulfide) groups is 1. The van der Waals surface area contributed by atoms with Gasteiger partial charge in [-0.1, -0.05) is 24.3 Å². The number of carbonyl (C=O) groups is 2. The van der Waals surface area contributed by atoms with E-state index in [-0.39, 0.29) is 15.8 Å². The minimum Gasteiger partial charge on any atom is -0.466 e. The number of amidine groups is 1. The van der Waals surface area contributed by atoms with Crippen molar-refractivity contribution in [3.63, 3.8) is 0 Å². The molecule has 1 aromatic carbocycles. The largest absolute Gasteiger partial charge is 0.466 e. The number of ether oxygens (including phenoxy) is 1. The third-order valence-electron chi connectivity index (χ3n) is 2.86. The molecule has 1 fully saturated rings. The Balaban J connectivity index is 2.01. The van der Waals surface area contributed by atoms with Crippen LogP contribution in [-0.4, -0.2) is 45.0 Å². The maximum Gasteiger partial charge on any atom is 0.331 e. The number of nitrogens with one attached hydrogen (secondary N) is 1. The predicted octanol–water partition coefficient (Wildman–Crippen LogP) is 0.841. The van der Waals surface area contributed by atoms with Gasteiger partial charge in [0.2, 0.25) is 0 Å². The van der Waals surface area contributed by atoms with Gasteiger partial charge >= 0.3 is 5.97 Å². The minimum atomic E-state index is -3.08. The summed E-state index contributed by atoms with van der Waals surface area (Å²) in [5, 5.41) is 10.4. The highest BCUT2D eigenvalue weighted by Crippen LogP contribution is 2.23. The molecule has 1 aromatic rings. The van der Waals surface area contributed by atoms with E-state index < -0.39 is 21.7 Å². The summed E-state index contributed by atoms with van der Waals surface area (Å²) >= 11 is 0.976. The van der Waals surface area contributed by atoms with Crippen molar-refractivity contribution in [2.24, 2.45) is 10.2 Å². The van der Waals surface area contributed by atoms with Crippen LogP contribution in [0.2, 0.25) is 0 Å². The molecule has 1 amide bonds. The van der Waals surface area contributed by atoms with Crippen molar-refractivity contribution in [2.45, 2.75) is 5.75 Å². The number of nitrogens with zero attached hydrogens (tertiary/aromatic N) is 2. The number of hydrogen-bond donors (Lipinski definition) is 1. The van der Waals surface area contributed by atoms with Gasteiger partial charge in [-0.05, 0) is 22.9 Å². The summed E-state index contributed by atoms with van der Waals surface area (Å²) in [5.41, 5.74) is 1.41. The third kappa shape index (κ3) is 6.16. The Hall–Kier alpha value is -2.46. The molecule has 2 rings (SSSR count). The Bertz CT molecular complexity index is 871. The van der Waals surface area contributed by atoms with E-state index in [0.29, 0.717) is 5.56 Å². The standard InChI is InChI=1S/C15H15N3O5S2/c1-23-13(19)7-12-14(20)17-15(24-12)18-16-8-10-3-5-11(6-4-10)9-25(2,21)22/h3-8H,9H2,1-2H3,(H,17,18,20)/b12-7+,16-8?. The zero-order valence-electron chi connectivity index (χ0n) is 13.4. The van der Waals surface area contributed by atoms with Gasteiger partial charge in [-0.15, -0.1) is 5.10 Å². The van der Waals surface area contributed by atoms with Crippen LogP contribution < -0.4 is 5.32 Å². The Morgan fingerprint density at radius 3 is 2.60 bits per heavy atom. The maximum absolute atomic E-state index is 11.6. The average molecular weight is 381 g/mol. The number of rotatable bonds is 5. The Morgan fingerprint density at radius 1 is 1.32 bits per heavy atom. The average Bonchev–Trinajstić information content (AvgIpc) is 2.87. The van der Waals surface area contributed by atoms with Crippen LogP contribution in [0.3, 0.4) is 0 Å². The highest BCUT2D eigenvalue weighted by molar-refractivity contribution is 8.18. The van der Waals surface area contributed by atoms with Crippen molar-refractivity contribution in [3.8, 4) is 0 Å². The number of benzene rings is 1. The number of carbonyl (C=O) groups excluding carboxylic acids is 2. The molecule has 0 unspecified atom stereocenters. The van der Waals surface area contributed by atoms with Gasteiger partial charge in [-0.25, -0.2) is 13.2 Å². The summed E-state index contributed by atoms with van der Waals surface area (Å²) in [5.74, 6) is -1.10. The number of sulfone groups is 1. The molecule has 10 heteroatoms. The molecule has 0 aliphatic carbocycles. The third-order valence-corrected chi connectivity index (χ3v) is 4.62. The second-order valence-corrected chi connectivity index (χ2v) is 8.22. The zero-order valence-corrected chi connectivity index (χ0v) is 15.1. The number of amides is 1. The molecule has 0 radical (unpaired) electrons. The Morgan fingerprint density at radius 2 is 2.00 bits per heavy atom. The van der Waals surface area contributed by atoms with Crippen molar-refractivity contribution < 1.29 is 22.7 Å². The van der Waals surface area contributed by atoms with E-state index in [1.54, 1.807) is 24.3 Å². The van der Waals surface area contributed by atoms with E-state index in [2.05, 4.69) is 20.3 Å². The van der Waals surface area contributed by atoms with Gasteiger partial charge < -0.3 is 4.74 Å². The molecule has 1 heterocycles. The van der Waals surface area contributed by atoms with E-state index in [0.717, 1.165) is 23.4 Å². The van der Waals surface area contributed by atoms with Gasteiger partial charge in [-0.2, -0.15) is 5.10 Å². The van der Waals surface area contributed by atoms with Crippen LogP contribution in [0.1, 0.15) is 11.1 Å². The highest BCUT2D eigenvalue weighted by Gasteiger charge is 2.24. The van der Waals surface area contributed by atoms with E-state index in [1.165, 1.54) is 19.6 Å². The lowest BCUT2D eigenvalue weighted by atomic mass is 10.2. The van der Waals surface area contributed by atoms with Crippen LogP contribution in [-0.2, 0) is 29.9 Å². The van der Waals surface area contributed by atoms with Gasteiger partial charge in [0.05, 0.1) is 24.0 Å². The quantitative estimate of drug-likeness (QED) is 0.350. The van der Waals surface area contributed by atoms with E-state index in [9.17, 15) is 18.0 Å². The molecular formula is C15H15N3O5S2. The molecule has 0 spiro atoms. The lowest BCUT2D eigenvalue weighted by molar-refractivity contribution is -0.135. The molecule has 8 nitrogen and oxygen atoms in total. The summed E-state index contributed by atoms with van der Waals surface area (Å²) in [6, 6.07) is 6.82. The summed E-state index contributed by atoms with van der Waals surface area (Å²) in [6.07, 6.45) is 3.72. The normalized spacial score (nSPS) is 18.1. The number of hydrogen-bond acceptors (Lipinski definition) is 8. The van der Waals surface area contributed by atoms with Crippen LogP contribution in [0.4, 0.5) is 0 Å². The Kier molecular flexibility index (Phi) is 6.10. The van der Waals surface area contributed by atoms with Crippen LogP contribution in [0.5, 0.6) is 0 Å². The topological polar surface area (TPSA) is 114 Å². The first-order chi connectivity index (χ1) is 11.8. The predicted molar refractivity (Wildman–Crippen MR) is 95.9 cm³/mol. The fraction of sp³-hybridized carbons (Fsp3) is 0.200. The van der Waals surface area contributed by atoms with Crippen molar-refractivity contribution in [3.05, 3.63) is 46.4 Å². The minimum absolute atomic E-state index is 0.0231. The summed E-state index contributed by atoms with van der Waals surface area (Å²) in [6.45, 7) is 0. The Labute approximate surface area is 149 Å². The van der Waals surface area contributed by atoms with Crippen LogP contribution in [0.25, 0.3) is 0 Å². The van der Waals surface area contributed by atoms with Gasteiger partial charge in [0, 0.05) is 12.3 Å². The SMILES string of the molecule is COC(=O)/C=C1/S/C(=N\N=Cc2ccc(CS(C)(=O)=O)cc2)NC1=O. The van der Waals surface area contributed by atoms with E-state index in [1.807, 2.05) is 0 Å². The molecule has 132 valence electrons. The van der Waals surface area contributed by atoms with E-state index in [4.69, 9.17) is 0 Å². The summed E-state index contributed by atoms with van der Waals surface area (Å²) in [4.78, 5) is 22.9. The summed E-state index contributed by atoms with van der Waals surface area (Å²) < 4.78 is 26.9. The van der Waals surface area contributed by atoms with Crippen molar-refractivity contribution >= 4 is 44.9 Å². The van der Waals surface area contributed by atoms with Crippen molar-refractivity contribution in [2.75, 3.05) is 13.4 Å². The highest BCUT2D eigenvalue weighted by atomic mass is 32.2. The fourth-order valence-electron chi connectivity index (χ4n) is 1.79. The lowest BCUT2D eigenvalue weighted by Gasteiger charge is -1.99. The molecule has 0 atom stereocenters. The van der Waals surface area contributed by atoms with E-state index >= 15 is 0 Å². The molecule has 0 aromatic heterocycles. The van der Waals surface area contributed by atoms with Crippen LogP contribution in [0.15, 0.2) is 45.4 Å². The van der Waals surface area contributed by atoms with Gasteiger partial charge in [0.15, 0.2) is 15.0 Å². The van der Waals surface area contributed by atoms with Gasteiger partial charge in [-0.3, -0.25) is 10.1 Å². The molecule has 1 saturated heterocycles. The number of methoxy groups -OCH3 is 1. The first kappa shape index (κ1) is 18.9. The fourth-order valence-corrected chi connectivity index (χ4v) is 3.33. The van der Waals surface area contributed by atoms with Gasteiger partial charge in [0.1, 0.15) is 0 Å². The molecule has 25 heavy (non-hydrogen) atoms. The maximum atomic E-state index is 11.6. The first-order valence-corrected chi connectivity index (χ1v) is 9.81. The van der Waals surface area contributed by atoms with Crippen LogP contribution >= 0.6 is 11.8 Å². The molecule has 0 bridgehead atoms. The smallest absolute Gasteiger partial charge is 0.331 e. The zero-order chi connectivity index (χ0) is 18.4. The van der Waals surface area contributed by atoms with Crippen molar-refractivity contribution in [1.82, 2.24) is 5.32 Å². The molecular weight excluding hydrogens is 366 g/mol. The van der Waals surface area contributed by atoms with Crippen LogP contribution in [0, 0.1) is 0 Å². The molecule has 1 aliphatic rings. The molecule has 1 aliphatic heterocycles. The van der Waals surface area contributed by atoms with Gasteiger partial charge in [0.25, 0.3) is 5.91 Å².